The average Bonchev–Trinajstić information content (AvgIpc) is 2.93. The predicted octanol–water partition coefficient (Wildman–Crippen LogP) is 2.68. The van der Waals surface area contributed by atoms with E-state index < -0.39 is 0 Å². The molecular weight excluding hydrogens is 252 g/mol. The summed E-state index contributed by atoms with van der Waals surface area (Å²) in [5.74, 6) is 0.190. The van der Waals surface area contributed by atoms with Crippen LogP contribution in [0.2, 0.25) is 0 Å². The van der Waals surface area contributed by atoms with Crippen LogP contribution in [0.25, 0.3) is 0 Å². The van der Waals surface area contributed by atoms with Crippen LogP contribution in [0, 0.1) is 5.92 Å². The molecule has 4 nitrogen and oxygen atoms in total. The molecule has 0 bridgehead atoms. The molecule has 0 aromatic heterocycles. The Hall–Kier alpha value is -1.84. The van der Waals surface area contributed by atoms with Crippen LogP contribution in [0.5, 0.6) is 0 Å². The highest BCUT2D eigenvalue weighted by molar-refractivity contribution is 6.01. The monoisotopic (exact) mass is 274 g/mol. The van der Waals surface area contributed by atoms with Gasteiger partial charge in [0.25, 0.3) is 0 Å². The quantitative estimate of drug-likeness (QED) is 0.828. The van der Waals surface area contributed by atoms with Gasteiger partial charge >= 0.3 is 0 Å². The number of carbonyl (C=O) groups is 1. The lowest BCUT2D eigenvalue weighted by Gasteiger charge is -2.24. The Morgan fingerprint density at radius 2 is 2.10 bits per heavy atom. The van der Waals surface area contributed by atoms with Crippen LogP contribution in [0.1, 0.15) is 32.8 Å². The first-order valence-electron chi connectivity index (χ1n) is 7.18. The third kappa shape index (κ3) is 3.38. The summed E-state index contributed by atoms with van der Waals surface area (Å²) in [7, 11) is 0. The van der Waals surface area contributed by atoms with Crippen molar-refractivity contribution in [3.05, 3.63) is 35.9 Å². The summed E-state index contributed by atoms with van der Waals surface area (Å²) in [6.07, 6.45) is 0.721. The summed E-state index contributed by atoms with van der Waals surface area (Å²) >= 11 is 0. The van der Waals surface area contributed by atoms with Gasteiger partial charge in [-0.15, -0.1) is 0 Å². The number of carbonyl (C=O) groups excluding carboxylic acids is 1. The van der Waals surface area contributed by atoms with Gasteiger partial charge in [0.15, 0.2) is 6.10 Å². The minimum atomic E-state index is -0.0344. The van der Waals surface area contributed by atoms with E-state index in [1.165, 1.54) is 0 Å². The van der Waals surface area contributed by atoms with Crippen LogP contribution in [-0.2, 0) is 9.63 Å². The molecular formula is C16H22N2O2. The fourth-order valence-corrected chi connectivity index (χ4v) is 2.31. The SMILES string of the molecule is CCN(C[C@@H]1CC(c2ccccc2)=NO1)C(=O)C(C)C. The van der Waals surface area contributed by atoms with Gasteiger partial charge in [0.2, 0.25) is 5.91 Å². The number of oxime groups is 1. The molecule has 20 heavy (non-hydrogen) atoms. The topological polar surface area (TPSA) is 41.9 Å². The molecule has 1 aromatic carbocycles. The van der Waals surface area contributed by atoms with E-state index in [2.05, 4.69) is 5.16 Å². The number of amides is 1. The van der Waals surface area contributed by atoms with Gasteiger partial charge in [-0.2, -0.15) is 0 Å². The van der Waals surface area contributed by atoms with Crippen molar-refractivity contribution >= 4 is 11.6 Å². The first-order valence-corrected chi connectivity index (χ1v) is 7.18. The Morgan fingerprint density at radius 1 is 1.40 bits per heavy atom. The maximum absolute atomic E-state index is 12.0. The maximum Gasteiger partial charge on any atom is 0.225 e. The molecule has 0 saturated heterocycles. The number of benzene rings is 1. The zero-order chi connectivity index (χ0) is 14.5. The number of hydrogen-bond acceptors (Lipinski definition) is 3. The van der Waals surface area contributed by atoms with Gasteiger partial charge in [0.05, 0.1) is 12.3 Å². The number of hydrogen-bond donors (Lipinski definition) is 0. The largest absolute Gasteiger partial charge is 0.390 e. The smallest absolute Gasteiger partial charge is 0.225 e. The summed E-state index contributed by atoms with van der Waals surface area (Å²) in [5, 5.41) is 4.16. The normalized spacial score (nSPS) is 17.8. The van der Waals surface area contributed by atoms with Gasteiger partial charge in [-0.1, -0.05) is 49.3 Å². The number of likely N-dealkylation sites (N-methyl/N-ethyl adjacent to an activating group) is 1. The first kappa shape index (κ1) is 14.6. The molecule has 0 fully saturated rings. The fraction of sp³-hybridized carbons (Fsp3) is 0.500. The van der Waals surface area contributed by atoms with Gasteiger partial charge in [-0.25, -0.2) is 0 Å². The second-order valence-electron chi connectivity index (χ2n) is 5.37. The second-order valence-corrected chi connectivity index (χ2v) is 5.37. The summed E-state index contributed by atoms with van der Waals surface area (Å²) in [6.45, 7) is 7.15. The number of rotatable bonds is 5. The standard InChI is InChI=1S/C16H22N2O2/c1-4-18(16(19)12(2)3)11-14-10-15(17-20-14)13-8-6-5-7-9-13/h5-9,12,14H,4,10-11H2,1-3H3/t14-/m0/s1. The van der Waals surface area contributed by atoms with Gasteiger partial charge in [0, 0.05) is 18.9 Å². The molecule has 1 aliphatic heterocycles. The first-order chi connectivity index (χ1) is 9.61. The summed E-state index contributed by atoms with van der Waals surface area (Å²) in [5.41, 5.74) is 2.05. The Morgan fingerprint density at radius 3 is 2.70 bits per heavy atom. The van der Waals surface area contributed by atoms with E-state index in [4.69, 9.17) is 4.84 Å². The molecule has 0 aliphatic carbocycles. The summed E-state index contributed by atoms with van der Waals surface area (Å²) < 4.78 is 0. The van der Waals surface area contributed by atoms with Crippen molar-refractivity contribution in [1.29, 1.82) is 0 Å². The van der Waals surface area contributed by atoms with E-state index in [9.17, 15) is 4.79 Å². The van der Waals surface area contributed by atoms with E-state index in [1.807, 2.05) is 56.0 Å². The van der Waals surface area contributed by atoms with Crippen molar-refractivity contribution in [3.63, 3.8) is 0 Å². The summed E-state index contributed by atoms with van der Waals surface area (Å²) in [6, 6.07) is 10.0. The maximum atomic E-state index is 12.0. The Labute approximate surface area is 120 Å². The molecule has 1 amide bonds. The summed E-state index contributed by atoms with van der Waals surface area (Å²) in [4.78, 5) is 19.4. The molecule has 0 N–H and O–H groups in total. The molecule has 1 aromatic rings. The Balaban J connectivity index is 1.93. The average molecular weight is 274 g/mol. The predicted molar refractivity (Wildman–Crippen MR) is 79.6 cm³/mol. The van der Waals surface area contributed by atoms with Crippen molar-refractivity contribution in [2.75, 3.05) is 13.1 Å². The third-order valence-corrected chi connectivity index (χ3v) is 3.45. The van der Waals surface area contributed by atoms with Crippen LogP contribution in [0.4, 0.5) is 0 Å². The molecule has 0 unspecified atom stereocenters. The Bertz CT molecular complexity index is 483. The lowest BCUT2D eigenvalue weighted by Crippen LogP contribution is -2.39. The van der Waals surface area contributed by atoms with Gasteiger partial charge < -0.3 is 9.74 Å². The molecule has 0 spiro atoms. The molecule has 108 valence electrons. The molecule has 1 heterocycles. The highest BCUT2D eigenvalue weighted by Crippen LogP contribution is 2.18. The highest BCUT2D eigenvalue weighted by atomic mass is 16.6. The van der Waals surface area contributed by atoms with Crippen LogP contribution in [0.15, 0.2) is 35.5 Å². The zero-order valence-corrected chi connectivity index (χ0v) is 12.4. The zero-order valence-electron chi connectivity index (χ0n) is 12.4. The third-order valence-electron chi connectivity index (χ3n) is 3.45. The number of nitrogens with zero attached hydrogens (tertiary/aromatic N) is 2. The molecule has 0 radical (unpaired) electrons. The van der Waals surface area contributed by atoms with Crippen molar-refractivity contribution in [3.8, 4) is 0 Å². The second kappa shape index (κ2) is 6.55. The lowest BCUT2D eigenvalue weighted by molar-refractivity contribution is -0.136. The van der Waals surface area contributed by atoms with Crippen LogP contribution >= 0.6 is 0 Å². The molecule has 0 saturated carbocycles. The minimum absolute atomic E-state index is 0.0193. The van der Waals surface area contributed by atoms with E-state index >= 15 is 0 Å². The Kier molecular flexibility index (Phi) is 4.77. The lowest BCUT2D eigenvalue weighted by atomic mass is 10.0. The minimum Gasteiger partial charge on any atom is -0.390 e. The van der Waals surface area contributed by atoms with Crippen molar-refractivity contribution < 1.29 is 9.63 Å². The van der Waals surface area contributed by atoms with E-state index in [-0.39, 0.29) is 17.9 Å². The van der Waals surface area contributed by atoms with Crippen molar-refractivity contribution in [1.82, 2.24) is 4.90 Å². The molecule has 1 atom stereocenters. The van der Waals surface area contributed by atoms with Gasteiger partial charge in [0.1, 0.15) is 0 Å². The molecule has 1 aliphatic rings. The molecule has 2 rings (SSSR count). The van der Waals surface area contributed by atoms with E-state index in [0.717, 1.165) is 17.7 Å². The van der Waals surface area contributed by atoms with Gasteiger partial charge in [-0.05, 0) is 12.5 Å². The van der Waals surface area contributed by atoms with Crippen LogP contribution in [0.3, 0.4) is 0 Å². The fourth-order valence-electron chi connectivity index (χ4n) is 2.31. The van der Waals surface area contributed by atoms with E-state index in [0.29, 0.717) is 13.1 Å². The van der Waals surface area contributed by atoms with E-state index in [1.54, 1.807) is 0 Å². The highest BCUT2D eigenvalue weighted by Gasteiger charge is 2.26. The van der Waals surface area contributed by atoms with Crippen LogP contribution in [-0.4, -0.2) is 35.7 Å². The van der Waals surface area contributed by atoms with Crippen LogP contribution < -0.4 is 0 Å². The molecule has 4 heteroatoms. The van der Waals surface area contributed by atoms with Crippen molar-refractivity contribution in [2.24, 2.45) is 11.1 Å². The van der Waals surface area contributed by atoms with Crippen molar-refractivity contribution in [2.45, 2.75) is 33.3 Å². The van der Waals surface area contributed by atoms with Gasteiger partial charge in [-0.3, -0.25) is 4.79 Å².